The molecule has 1 N–H and O–H groups in total. The van der Waals surface area contributed by atoms with Crippen molar-refractivity contribution in [2.24, 2.45) is 0 Å². The van der Waals surface area contributed by atoms with Crippen molar-refractivity contribution in [2.45, 2.75) is 33.0 Å². The Kier molecular flexibility index (Phi) is 5.52. The van der Waals surface area contributed by atoms with Gasteiger partial charge in [0, 0.05) is 0 Å². The molecule has 0 saturated carbocycles. The molecule has 1 atom stereocenters. The zero-order valence-electron chi connectivity index (χ0n) is 18.0. The van der Waals surface area contributed by atoms with E-state index in [0.717, 1.165) is 22.5 Å². The van der Waals surface area contributed by atoms with E-state index in [1.54, 1.807) is 11.6 Å². The Bertz CT molecular complexity index is 1410. The molecule has 170 valence electrons. The maximum atomic E-state index is 13.3. The number of aromatic nitrogens is 4. The van der Waals surface area contributed by atoms with E-state index in [1.807, 2.05) is 37.3 Å². The van der Waals surface area contributed by atoms with Crippen molar-refractivity contribution in [1.29, 1.82) is 0 Å². The van der Waals surface area contributed by atoms with Gasteiger partial charge >= 0.3 is 6.18 Å². The summed E-state index contributed by atoms with van der Waals surface area (Å²) in [4.78, 5) is 25.9. The third-order valence-electron chi connectivity index (χ3n) is 5.38. The zero-order chi connectivity index (χ0) is 23.9. The van der Waals surface area contributed by atoms with Crippen LogP contribution in [0.4, 0.5) is 18.9 Å². The highest BCUT2D eigenvalue weighted by atomic mass is 19.4. The summed E-state index contributed by atoms with van der Waals surface area (Å²) in [6.45, 7) is 4.89. The second kappa shape index (κ2) is 8.19. The maximum absolute atomic E-state index is 13.3. The summed E-state index contributed by atoms with van der Waals surface area (Å²) < 4.78 is 42.4. The number of hydrogen-bond acceptors (Lipinski definition) is 4. The Hall–Kier alpha value is -3.95. The number of aryl methyl sites for hydroxylation is 2. The second-order valence-corrected chi connectivity index (χ2v) is 7.60. The fourth-order valence-electron chi connectivity index (χ4n) is 3.72. The van der Waals surface area contributed by atoms with E-state index in [-0.39, 0.29) is 5.52 Å². The molecule has 0 radical (unpaired) electrons. The number of hydrogen-bond donors (Lipinski definition) is 1. The average molecular weight is 455 g/mol. The molecule has 4 rings (SSSR count). The molecule has 10 heteroatoms. The minimum atomic E-state index is -4.64. The first kappa shape index (κ1) is 22.3. The number of amides is 1. The SMILES string of the molecule is Cc1nn([C@H](C)C(=O)Nc2ccccc2C(F)(F)F)c(=O)c2nn(-c3ccccc3)c(C)c12. The molecule has 33 heavy (non-hydrogen) atoms. The van der Waals surface area contributed by atoms with Crippen LogP contribution in [0.3, 0.4) is 0 Å². The Morgan fingerprint density at radius 2 is 1.64 bits per heavy atom. The molecular weight excluding hydrogens is 435 g/mol. The minimum absolute atomic E-state index is 0.124. The summed E-state index contributed by atoms with van der Waals surface area (Å²) >= 11 is 0. The lowest BCUT2D eigenvalue weighted by atomic mass is 10.1. The van der Waals surface area contributed by atoms with Crippen LogP contribution in [0.1, 0.15) is 29.9 Å². The third kappa shape index (κ3) is 3.99. The number of fused-ring (bicyclic) bond motifs is 1. The van der Waals surface area contributed by atoms with Gasteiger partial charge in [0.15, 0.2) is 5.52 Å². The molecule has 0 aliphatic heterocycles. The topological polar surface area (TPSA) is 81.8 Å². The number of alkyl halides is 3. The molecule has 2 heterocycles. The molecule has 7 nitrogen and oxygen atoms in total. The van der Waals surface area contributed by atoms with Crippen LogP contribution in [0.5, 0.6) is 0 Å². The van der Waals surface area contributed by atoms with Crippen molar-refractivity contribution in [1.82, 2.24) is 19.6 Å². The van der Waals surface area contributed by atoms with Gasteiger partial charge in [-0.3, -0.25) is 9.59 Å². The van der Waals surface area contributed by atoms with Crippen molar-refractivity contribution in [3.05, 3.63) is 81.9 Å². The molecule has 0 aliphatic rings. The number of nitrogens with zero attached hydrogens (tertiary/aromatic N) is 4. The summed E-state index contributed by atoms with van der Waals surface area (Å²) in [5.74, 6) is -0.806. The summed E-state index contributed by atoms with van der Waals surface area (Å²) in [5.41, 5.74) is 0.0818. The molecule has 0 aliphatic carbocycles. The van der Waals surface area contributed by atoms with Gasteiger partial charge in [-0.2, -0.15) is 23.4 Å². The monoisotopic (exact) mass is 455 g/mol. The van der Waals surface area contributed by atoms with E-state index in [4.69, 9.17) is 0 Å². The van der Waals surface area contributed by atoms with Crippen LogP contribution in [0.25, 0.3) is 16.6 Å². The lowest BCUT2D eigenvalue weighted by molar-refractivity contribution is -0.137. The van der Waals surface area contributed by atoms with Crippen LogP contribution in [-0.4, -0.2) is 25.5 Å². The van der Waals surface area contributed by atoms with Crippen molar-refractivity contribution < 1.29 is 18.0 Å². The van der Waals surface area contributed by atoms with E-state index < -0.39 is 34.9 Å². The Morgan fingerprint density at radius 3 is 2.30 bits per heavy atom. The Balaban J connectivity index is 1.74. The molecule has 4 aromatic rings. The van der Waals surface area contributed by atoms with E-state index >= 15 is 0 Å². The van der Waals surface area contributed by atoms with Crippen molar-refractivity contribution in [2.75, 3.05) is 5.32 Å². The summed E-state index contributed by atoms with van der Waals surface area (Å²) in [6.07, 6.45) is -4.64. The van der Waals surface area contributed by atoms with Crippen LogP contribution in [0.15, 0.2) is 59.4 Å². The molecule has 1 amide bonds. The highest BCUT2D eigenvalue weighted by Gasteiger charge is 2.34. The first-order chi connectivity index (χ1) is 15.6. The lowest BCUT2D eigenvalue weighted by Crippen LogP contribution is -2.34. The van der Waals surface area contributed by atoms with Crippen LogP contribution in [0, 0.1) is 13.8 Å². The summed E-state index contributed by atoms with van der Waals surface area (Å²) in [5, 5.41) is 11.5. The predicted octanol–water partition coefficient (Wildman–Crippen LogP) is 4.42. The van der Waals surface area contributed by atoms with Crippen LogP contribution in [0.2, 0.25) is 0 Å². The van der Waals surface area contributed by atoms with Crippen molar-refractivity contribution in [3.63, 3.8) is 0 Å². The number of carbonyl (C=O) groups excluding carboxylic acids is 1. The first-order valence-electron chi connectivity index (χ1n) is 10.1. The fraction of sp³-hybridized carbons (Fsp3) is 0.217. The summed E-state index contributed by atoms with van der Waals surface area (Å²) in [6, 6.07) is 12.7. The van der Waals surface area contributed by atoms with Crippen molar-refractivity contribution >= 4 is 22.5 Å². The largest absolute Gasteiger partial charge is 0.418 e. The van der Waals surface area contributed by atoms with Gasteiger partial charge in [-0.25, -0.2) is 9.36 Å². The van der Waals surface area contributed by atoms with E-state index in [2.05, 4.69) is 15.5 Å². The lowest BCUT2D eigenvalue weighted by Gasteiger charge is -2.17. The molecule has 0 unspecified atom stereocenters. The highest BCUT2D eigenvalue weighted by Crippen LogP contribution is 2.34. The van der Waals surface area contributed by atoms with Gasteiger partial charge in [0.05, 0.1) is 33.7 Å². The Morgan fingerprint density at radius 1 is 1.00 bits per heavy atom. The van der Waals surface area contributed by atoms with Gasteiger partial charge in [-0.15, -0.1) is 0 Å². The highest BCUT2D eigenvalue weighted by molar-refractivity contribution is 5.94. The smallest absolute Gasteiger partial charge is 0.324 e. The number of anilines is 1. The summed E-state index contributed by atoms with van der Waals surface area (Å²) in [7, 11) is 0. The van der Waals surface area contributed by atoms with Gasteiger partial charge in [0.2, 0.25) is 5.91 Å². The number of halogens is 3. The maximum Gasteiger partial charge on any atom is 0.418 e. The molecule has 2 aromatic heterocycles. The molecule has 0 bridgehead atoms. The molecule has 0 spiro atoms. The number of nitrogens with one attached hydrogen (secondary N) is 1. The first-order valence-corrected chi connectivity index (χ1v) is 10.1. The average Bonchev–Trinajstić information content (AvgIpc) is 3.14. The van der Waals surface area contributed by atoms with Crippen molar-refractivity contribution in [3.8, 4) is 5.69 Å². The predicted molar refractivity (Wildman–Crippen MR) is 117 cm³/mol. The van der Waals surface area contributed by atoms with Gasteiger partial charge in [-0.1, -0.05) is 30.3 Å². The molecule has 0 saturated heterocycles. The van der Waals surface area contributed by atoms with E-state index in [1.165, 1.54) is 19.1 Å². The van der Waals surface area contributed by atoms with Gasteiger partial charge < -0.3 is 5.32 Å². The van der Waals surface area contributed by atoms with E-state index in [0.29, 0.717) is 16.8 Å². The number of para-hydroxylation sites is 2. The quantitative estimate of drug-likeness (QED) is 0.494. The van der Waals surface area contributed by atoms with Crippen LogP contribution < -0.4 is 10.9 Å². The third-order valence-corrected chi connectivity index (χ3v) is 5.38. The Labute approximate surface area is 186 Å². The fourth-order valence-corrected chi connectivity index (χ4v) is 3.72. The molecule has 2 aromatic carbocycles. The van der Waals surface area contributed by atoms with Gasteiger partial charge in [0.1, 0.15) is 6.04 Å². The minimum Gasteiger partial charge on any atom is -0.324 e. The zero-order valence-corrected chi connectivity index (χ0v) is 18.0. The number of rotatable bonds is 4. The van der Waals surface area contributed by atoms with Gasteiger partial charge in [-0.05, 0) is 45.0 Å². The second-order valence-electron chi connectivity index (χ2n) is 7.60. The normalized spacial score (nSPS) is 12.7. The molecule has 0 fully saturated rings. The number of benzene rings is 2. The van der Waals surface area contributed by atoms with Gasteiger partial charge in [0.25, 0.3) is 5.56 Å². The van der Waals surface area contributed by atoms with Crippen LogP contribution >= 0.6 is 0 Å². The standard InChI is InChI=1S/C23H20F3N5O2/c1-13-19-14(2)30(16-9-5-4-6-10-16)29-20(19)22(33)31(28-13)15(3)21(32)27-18-12-8-7-11-17(18)23(24,25)26/h4-12,15H,1-3H3,(H,27,32)/t15-/m1/s1. The molecular formula is C23H20F3N5O2. The van der Waals surface area contributed by atoms with E-state index in [9.17, 15) is 22.8 Å². The number of carbonyl (C=O) groups is 1. The van der Waals surface area contributed by atoms with Crippen LogP contribution in [-0.2, 0) is 11.0 Å².